The number of hydrogen-bond donors (Lipinski definition) is 1. The fourth-order valence-corrected chi connectivity index (χ4v) is 7.33. The SMILES string of the molecule is CCOc1sc(CC)nc1S(=O)(=O)N1CC(CCC(=O)O)Oc2ccc(C=C(C)c3c(F)cccc3Cl)cc21. The lowest BCUT2D eigenvalue weighted by Crippen LogP contribution is -2.44. The molecule has 2 heterocycles. The Morgan fingerprint density at radius 3 is 2.77 bits per heavy atom. The van der Waals surface area contributed by atoms with Gasteiger partial charge in [0.15, 0.2) is 0 Å². The highest BCUT2D eigenvalue weighted by atomic mass is 35.5. The number of anilines is 1. The van der Waals surface area contributed by atoms with E-state index in [2.05, 4.69) is 4.98 Å². The maximum Gasteiger partial charge on any atom is 0.303 e. The first-order valence-corrected chi connectivity index (χ1v) is 15.0. The molecular formula is C27H28ClFN2O6S2. The molecule has 208 valence electrons. The number of sulfonamides is 1. The third-order valence-corrected chi connectivity index (χ3v) is 9.31. The minimum atomic E-state index is -4.22. The van der Waals surface area contributed by atoms with Crippen LogP contribution in [0.25, 0.3) is 11.6 Å². The van der Waals surface area contributed by atoms with Gasteiger partial charge in [0, 0.05) is 12.0 Å². The van der Waals surface area contributed by atoms with Gasteiger partial charge < -0.3 is 14.6 Å². The Hall–Kier alpha value is -3.15. The molecule has 1 unspecified atom stereocenters. The molecule has 0 spiro atoms. The standard InChI is InChI=1S/C27H28ClFN2O6S2/c1-4-23-30-26(27(38-23)36-5-2)39(34,35)31-15-18(10-12-24(32)33)37-22-11-9-17(14-21(22)31)13-16(3)25-19(28)7-6-8-20(25)29/h6-9,11,13-14,18H,4-5,10,12,15H2,1-3H3,(H,32,33). The van der Waals surface area contributed by atoms with Crippen molar-refractivity contribution < 1.29 is 32.2 Å². The molecule has 39 heavy (non-hydrogen) atoms. The van der Waals surface area contributed by atoms with Gasteiger partial charge >= 0.3 is 5.97 Å². The first-order valence-electron chi connectivity index (χ1n) is 12.4. The highest BCUT2D eigenvalue weighted by Gasteiger charge is 2.38. The third-order valence-electron chi connectivity index (χ3n) is 6.06. The zero-order valence-corrected chi connectivity index (χ0v) is 24.0. The number of aryl methyl sites for hydroxylation is 1. The lowest BCUT2D eigenvalue weighted by molar-refractivity contribution is -0.137. The minimum absolute atomic E-state index is 0.113. The van der Waals surface area contributed by atoms with Crippen molar-refractivity contribution in [1.82, 2.24) is 4.98 Å². The number of allylic oxidation sites excluding steroid dienone is 1. The molecule has 4 rings (SSSR count). The van der Waals surface area contributed by atoms with Gasteiger partial charge in [-0.3, -0.25) is 9.10 Å². The number of ether oxygens (including phenoxy) is 2. The van der Waals surface area contributed by atoms with E-state index < -0.39 is 27.9 Å². The number of carbonyl (C=O) groups is 1. The maximum absolute atomic E-state index is 14.5. The number of fused-ring (bicyclic) bond motifs is 1. The van der Waals surface area contributed by atoms with Crippen LogP contribution < -0.4 is 13.8 Å². The van der Waals surface area contributed by atoms with E-state index in [1.807, 2.05) is 6.92 Å². The third kappa shape index (κ3) is 6.21. The van der Waals surface area contributed by atoms with Crippen molar-refractivity contribution in [3.05, 3.63) is 63.4 Å². The average Bonchev–Trinajstić information content (AvgIpc) is 3.31. The molecule has 1 atom stereocenters. The van der Waals surface area contributed by atoms with Gasteiger partial charge in [-0.05, 0) is 62.1 Å². The van der Waals surface area contributed by atoms with E-state index in [0.717, 1.165) is 0 Å². The topological polar surface area (TPSA) is 106 Å². The summed E-state index contributed by atoms with van der Waals surface area (Å²) in [6.45, 7) is 5.50. The number of carboxylic acids is 1. The summed E-state index contributed by atoms with van der Waals surface area (Å²) in [6.07, 6.45) is 1.48. The van der Waals surface area contributed by atoms with Crippen LogP contribution in [0.1, 0.15) is 49.7 Å². The minimum Gasteiger partial charge on any atom is -0.486 e. The molecule has 0 radical (unpaired) electrons. The molecule has 1 aliphatic heterocycles. The summed E-state index contributed by atoms with van der Waals surface area (Å²) in [5.41, 5.74) is 1.66. The van der Waals surface area contributed by atoms with Crippen molar-refractivity contribution in [1.29, 1.82) is 0 Å². The van der Waals surface area contributed by atoms with E-state index in [0.29, 0.717) is 22.6 Å². The molecule has 12 heteroatoms. The second-order valence-electron chi connectivity index (χ2n) is 8.85. The van der Waals surface area contributed by atoms with E-state index in [9.17, 15) is 17.6 Å². The Labute approximate surface area is 235 Å². The van der Waals surface area contributed by atoms with Crippen molar-refractivity contribution >= 4 is 56.3 Å². The smallest absolute Gasteiger partial charge is 0.303 e. The van der Waals surface area contributed by atoms with Gasteiger partial charge in [-0.25, -0.2) is 9.37 Å². The van der Waals surface area contributed by atoms with E-state index >= 15 is 0 Å². The zero-order chi connectivity index (χ0) is 28.3. The summed E-state index contributed by atoms with van der Waals surface area (Å²) in [5, 5.41) is 10.0. The van der Waals surface area contributed by atoms with Crippen LogP contribution in [0.5, 0.6) is 10.8 Å². The summed E-state index contributed by atoms with van der Waals surface area (Å²) in [7, 11) is -4.22. The molecule has 2 aromatic carbocycles. The number of nitrogens with zero attached hydrogens (tertiary/aromatic N) is 2. The summed E-state index contributed by atoms with van der Waals surface area (Å²) < 4.78 is 55.4. The highest BCUT2D eigenvalue weighted by molar-refractivity contribution is 7.93. The average molecular weight is 595 g/mol. The van der Waals surface area contributed by atoms with Crippen molar-refractivity contribution in [3.8, 4) is 10.8 Å². The zero-order valence-electron chi connectivity index (χ0n) is 21.6. The monoisotopic (exact) mass is 594 g/mol. The van der Waals surface area contributed by atoms with E-state index in [-0.39, 0.29) is 58.1 Å². The van der Waals surface area contributed by atoms with Crippen molar-refractivity contribution in [2.75, 3.05) is 17.5 Å². The first-order chi connectivity index (χ1) is 18.5. The van der Waals surface area contributed by atoms with Crippen LogP contribution in [-0.4, -0.2) is 43.7 Å². The van der Waals surface area contributed by atoms with Crippen molar-refractivity contribution in [2.45, 2.75) is 51.2 Å². The van der Waals surface area contributed by atoms with Crippen LogP contribution >= 0.6 is 22.9 Å². The number of benzene rings is 2. The molecular weight excluding hydrogens is 567 g/mol. The van der Waals surface area contributed by atoms with Crippen LogP contribution in [0.4, 0.5) is 10.1 Å². The Balaban J connectivity index is 1.81. The molecule has 0 bridgehead atoms. The Morgan fingerprint density at radius 2 is 2.10 bits per heavy atom. The number of carboxylic acid groups (broad SMARTS) is 1. The van der Waals surface area contributed by atoms with Gasteiger partial charge in [0.05, 0.1) is 28.9 Å². The fraction of sp³-hybridized carbons (Fsp3) is 0.333. The van der Waals surface area contributed by atoms with Gasteiger partial charge in [-0.2, -0.15) is 8.42 Å². The van der Waals surface area contributed by atoms with E-state index in [1.54, 1.807) is 44.2 Å². The number of aromatic nitrogens is 1. The molecule has 1 aliphatic rings. The van der Waals surface area contributed by atoms with Crippen LogP contribution in [0.2, 0.25) is 5.02 Å². The van der Waals surface area contributed by atoms with Crippen molar-refractivity contribution in [3.63, 3.8) is 0 Å². The summed E-state index contributed by atoms with van der Waals surface area (Å²) >= 11 is 7.41. The Bertz CT molecular complexity index is 1500. The van der Waals surface area contributed by atoms with Crippen LogP contribution in [0.15, 0.2) is 41.4 Å². The second-order valence-corrected chi connectivity index (χ2v) is 12.1. The molecule has 0 aliphatic carbocycles. The fourth-order valence-electron chi connectivity index (χ4n) is 4.25. The normalized spacial score (nSPS) is 15.6. The number of aliphatic carboxylic acids is 1. The quantitative estimate of drug-likeness (QED) is 0.275. The van der Waals surface area contributed by atoms with Crippen LogP contribution in [-0.2, 0) is 21.2 Å². The van der Waals surface area contributed by atoms with Gasteiger partial charge in [0.2, 0.25) is 10.1 Å². The molecule has 0 fully saturated rings. The molecule has 8 nitrogen and oxygen atoms in total. The molecule has 1 N–H and O–H groups in total. The van der Waals surface area contributed by atoms with Crippen molar-refractivity contribution in [2.24, 2.45) is 0 Å². The highest BCUT2D eigenvalue weighted by Crippen LogP contribution is 2.42. The number of halogens is 2. The molecule has 0 saturated heterocycles. The predicted molar refractivity (Wildman–Crippen MR) is 150 cm³/mol. The maximum atomic E-state index is 14.5. The molecule has 0 saturated carbocycles. The summed E-state index contributed by atoms with van der Waals surface area (Å²) in [5.74, 6) is -1.20. The van der Waals surface area contributed by atoms with Gasteiger partial charge in [0.25, 0.3) is 10.0 Å². The summed E-state index contributed by atoms with van der Waals surface area (Å²) in [4.78, 5) is 15.6. The second kappa shape index (κ2) is 11.9. The van der Waals surface area contributed by atoms with E-state index in [1.165, 1.54) is 27.8 Å². The largest absolute Gasteiger partial charge is 0.486 e. The summed E-state index contributed by atoms with van der Waals surface area (Å²) in [6, 6.07) is 9.40. The predicted octanol–water partition coefficient (Wildman–Crippen LogP) is 6.28. The van der Waals surface area contributed by atoms with Crippen LogP contribution in [0.3, 0.4) is 0 Å². The number of hydrogen-bond acceptors (Lipinski definition) is 7. The lowest BCUT2D eigenvalue weighted by atomic mass is 10.0. The van der Waals surface area contributed by atoms with Gasteiger partial charge in [-0.1, -0.05) is 48.1 Å². The molecule has 1 aromatic heterocycles. The first kappa shape index (κ1) is 28.8. The Kier molecular flexibility index (Phi) is 8.83. The molecule has 3 aromatic rings. The number of rotatable bonds is 10. The van der Waals surface area contributed by atoms with E-state index in [4.69, 9.17) is 26.2 Å². The molecule has 0 amide bonds. The lowest BCUT2D eigenvalue weighted by Gasteiger charge is -2.35. The van der Waals surface area contributed by atoms with Gasteiger partial charge in [-0.15, -0.1) is 0 Å². The Morgan fingerprint density at radius 1 is 1.33 bits per heavy atom. The number of thiazole rings is 1. The van der Waals surface area contributed by atoms with Gasteiger partial charge in [0.1, 0.15) is 17.7 Å². The van der Waals surface area contributed by atoms with Crippen LogP contribution in [0, 0.1) is 5.82 Å².